The fraction of sp³-hybridized carbons (Fsp3) is 0.417. The van der Waals surface area contributed by atoms with Gasteiger partial charge in [0.1, 0.15) is 0 Å². The van der Waals surface area contributed by atoms with Crippen molar-refractivity contribution in [3.63, 3.8) is 0 Å². The van der Waals surface area contributed by atoms with E-state index in [0.29, 0.717) is 6.54 Å². The van der Waals surface area contributed by atoms with E-state index in [2.05, 4.69) is 9.71 Å². The van der Waals surface area contributed by atoms with Gasteiger partial charge in [0.15, 0.2) is 0 Å². The van der Waals surface area contributed by atoms with Crippen LogP contribution in [0, 0.1) is 0 Å². The summed E-state index contributed by atoms with van der Waals surface area (Å²) < 4.78 is 28.9. The summed E-state index contributed by atoms with van der Waals surface area (Å²) in [5.41, 5.74) is 8.14. The van der Waals surface area contributed by atoms with Crippen LogP contribution in [-0.2, 0) is 29.7 Å². The zero-order chi connectivity index (χ0) is 14.6. The highest BCUT2D eigenvalue weighted by Crippen LogP contribution is 2.16. The fourth-order valence-electron chi connectivity index (χ4n) is 1.87. The molecule has 3 N–H and O–H groups in total. The van der Waals surface area contributed by atoms with Crippen LogP contribution < -0.4 is 10.5 Å². The lowest BCUT2D eigenvalue weighted by atomic mass is 10.4. The van der Waals surface area contributed by atoms with E-state index in [1.54, 1.807) is 24.0 Å². The molecule has 0 radical (unpaired) electrons. The van der Waals surface area contributed by atoms with Gasteiger partial charge < -0.3 is 10.3 Å². The van der Waals surface area contributed by atoms with Crippen LogP contribution in [0.15, 0.2) is 28.9 Å². The molecule has 0 bridgehead atoms. The van der Waals surface area contributed by atoms with Gasteiger partial charge in [0, 0.05) is 42.6 Å². The van der Waals surface area contributed by atoms with Gasteiger partial charge in [-0.2, -0.15) is 0 Å². The third kappa shape index (κ3) is 3.45. The molecule has 2 rings (SSSR count). The summed E-state index contributed by atoms with van der Waals surface area (Å²) in [4.78, 5) is 5.05. The first-order valence-electron chi connectivity index (χ1n) is 6.33. The SMILES string of the molecule is CCCn1cc(S(=O)(=O)NCc2cncs2)cc1CN. The molecule has 2 aromatic rings. The highest BCUT2D eigenvalue weighted by molar-refractivity contribution is 7.89. The summed E-state index contributed by atoms with van der Waals surface area (Å²) in [6.45, 7) is 3.38. The molecule has 2 heterocycles. The number of sulfonamides is 1. The number of hydrogen-bond donors (Lipinski definition) is 2. The van der Waals surface area contributed by atoms with E-state index in [4.69, 9.17) is 5.73 Å². The van der Waals surface area contributed by atoms with Crippen molar-refractivity contribution in [3.05, 3.63) is 34.5 Å². The molecule has 0 saturated carbocycles. The Kier molecular flexibility index (Phi) is 4.92. The summed E-state index contributed by atoms with van der Waals surface area (Å²) in [5.74, 6) is 0. The first-order valence-corrected chi connectivity index (χ1v) is 8.69. The van der Waals surface area contributed by atoms with Gasteiger partial charge in [-0.1, -0.05) is 6.92 Å². The van der Waals surface area contributed by atoms with Crippen LogP contribution in [0.2, 0.25) is 0 Å². The maximum absolute atomic E-state index is 12.2. The topological polar surface area (TPSA) is 90.0 Å². The van der Waals surface area contributed by atoms with Crippen molar-refractivity contribution >= 4 is 21.4 Å². The van der Waals surface area contributed by atoms with Gasteiger partial charge in [-0.15, -0.1) is 11.3 Å². The number of aromatic nitrogens is 2. The van der Waals surface area contributed by atoms with Gasteiger partial charge in [0.2, 0.25) is 10.0 Å². The number of hydrogen-bond acceptors (Lipinski definition) is 5. The Balaban J connectivity index is 2.16. The molecule has 8 heteroatoms. The van der Waals surface area contributed by atoms with Crippen molar-refractivity contribution in [2.75, 3.05) is 0 Å². The molecule has 20 heavy (non-hydrogen) atoms. The second-order valence-corrected chi connectivity index (χ2v) is 7.09. The summed E-state index contributed by atoms with van der Waals surface area (Å²) in [7, 11) is -3.51. The minimum absolute atomic E-state index is 0.254. The molecule has 0 atom stereocenters. The van der Waals surface area contributed by atoms with Crippen molar-refractivity contribution in [3.8, 4) is 0 Å². The Labute approximate surface area is 122 Å². The minimum Gasteiger partial charge on any atom is -0.349 e. The molecule has 110 valence electrons. The summed E-state index contributed by atoms with van der Waals surface area (Å²) in [5, 5.41) is 0. The predicted molar refractivity (Wildman–Crippen MR) is 78.8 cm³/mol. The van der Waals surface area contributed by atoms with Gasteiger partial charge in [-0.25, -0.2) is 13.1 Å². The van der Waals surface area contributed by atoms with Gasteiger partial charge in [0.05, 0.1) is 10.4 Å². The van der Waals surface area contributed by atoms with E-state index in [1.807, 2.05) is 11.5 Å². The van der Waals surface area contributed by atoms with Crippen LogP contribution >= 0.6 is 11.3 Å². The first kappa shape index (κ1) is 15.2. The Hall–Kier alpha value is -1.22. The number of nitrogens with two attached hydrogens (primary N) is 1. The van der Waals surface area contributed by atoms with E-state index in [1.165, 1.54) is 11.3 Å². The summed E-state index contributed by atoms with van der Waals surface area (Å²) in [6, 6.07) is 1.63. The number of nitrogens with one attached hydrogen (secondary N) is 1. The number of nitrogens with zero attached hydrogens (tertiary/aromatic N) is 2. The highest BCUT2D eigenvalue weighted by Gasteiger charge is 2.17. The van der Waals surface area contributed by atoms with Crippen molar-refractivity contribution in [1.29, 1.82) is 0 Å². The normalized spacial score (nSPS) is 11.9. The third-order valence-corrected chi connectivity index (χ3v) is 5.01. The van der Waals surface area contributed by atoms with Crippen LogP contribution in [0.25, 0.3) is 0 Å². The Morgan fingerprint density at radius 3 is 2.90 bits per heavy atom. The monoisotopic (exact) mass is 314 g/mol. The average molecular weight is 314 g/mol. The van der Waals surface area contributed by atoms with E-state index in [0.717, 1.165) is 23.5 Å². The van der Waals surface area contributed by atoms with Crippen LogP contribution in [0.3, 0.4) is 0 Å². The Bertz CT molecular complexity index is 647. The van der Waals surface area contributed by atoms with Crippen molar-refractivity contribution in [1.82, 2.24) is 14.3 Å². The third-order valence-electron chi connectivity index (χ3n) is 2.86. The van der Waals surface area contributed by atoms with Crippen LogP contribution in [0.4, 0.5) is 0 Å². The minimum atomic E-state index is -3.51. The van der Waals surface area contributed by atoms with Crippen molar-refractivity contribution in [2.45, 2.75) is 37.9 Å². The smallest absolute Gasteiger partial charge is 0.242 e. The molecule has 0 saturated heterocycles. The fourth-order valence-corrected chi connectivity index (χ4v) is 3.57. The molecule has 2 aromatic heterocycles. The number of rotatable bonds is 7. The zero-order valence-corrected chi connectivity index (χ0v) is 12.9. The molecule has 6 nitrogen and oxygen atoms in total. The van der Waals surface area contributed by atoms with Crippen molar-refractivity contribution in [2.24, 2.45) is 5.73 Å². The maximum atomic E-state index is 12.2. The number of aryl methyl sites for hydroxylation is 1. The van der Waals surface area contributed by atoms with E-state index >= 15 is 0 Å². The van der Waals surface area contributed by atoms with Gasteiger partial charge in [-0.3, -0.25) is 4.98 Å². The molecule has 0 aliphatic carbocycles. The Morgan fingerprint density at radius 1 is 1.50 bits per heavy atom. The second-order valence-electron chi connectivity index (χ2n) is 4.36. The molecule has 0 fully saturated rings. The number of thiazole rings is 1. The van der Waals surface area contributed by atoms with E-state index in [9.17, 15) is 8.42 Å². The molecule has 0 amide bonds. The van der Waals surface area contributed by atoms with Gasteiger partial charge >= 0.3 is 0 Å². The average Bonchev–Trinajstić information content (AvgIpc) is 3.06. The van der Waals surface area contributed by atoms with Crippen LogP contribution in [0.5, 0.6) is 0 Å². The molecule has 0 aromatic carbocycles. The van der Waals surface area contributed by atoms with E-state index in [-0.39, 0.29) is 11.4 Å². The zero-order valence-electron chi connectivity index (χ0n) is 11.2. The largest absolute Gasteiger partial charge is 0.349 e. The highest BCUT2D eigenvalue weighted by atomic mass is 32.2. The van der Waals surface area contributed by atoms with Gasteiger partial charge in [-0.05, 0) is 12.5 Å². The van der Waals surface area contributed by atoms with E-state index < -0.39 is 10.0 Å². The first-order chi connectivity index (χ1) is 9.56. The molecular weight excluding hydrogens is 296 g/mol. The lowest BCUT2D eigenvalue weighted by Crippen LogP contribution is -2.22. The molecule has 0 aliphatic heterocycles. The molecule has 0 spiro atoms. The van der Waals surface area contributed by atoms with Crippen LogP contribution in [-0.4, -0.2) is 18.0 Å². The lowest BCUT2D eigenvalue weighted by molar-refractivity contribution is 0.580. The lowest BCUT2D eigenvalue weighted by Gasteiger charge is -2.04. The molecule has 0 aliphatic rings. The second kappa shape index (κ2) is 6.49. The Morgan fingerprint density at radius 2 is 2.30 bits per heavy atom. The predicted octanol–water partition coefficient (Wildman–Crippen LogP) is 1.29. The summed E-state index contributed by atoms with van der Waals surface area (Å²) in [6.07, 6.45) is 4.22. The van der Waals surface area contributed by atoms with Crippen molar-refractivity contribution < 1.29 is 8.42 Å². The standard InChI is InChI=1S/C12H18N4O2S2/c1-2-3-16-8-12(4-10(16)5-13)20(17,18)15-7-11-6-14-9-19-11/h4,6,8-9,15H,2-3,5,7,13H2,1H3. The quantitative estimate of drug-likeness (QED) is 0.806. The molecule has 0 unspecified atom stereocenters. The van der Waals surface area contributed by atoms with Crippen LogP contribution in [0.1, 0.15) is 23.9 Å². The van der Waals surface area contributed by atoms with Gasteiger partial charge in [0.25, 0.3) is 0 Å². The maximum Gasteiger partial charge on any atom is 0.242 e. The summed E-state index contributed by atoms with van der Waals surface area (Å²) >= 11 is 1.42. The molecular formula is C12H18N4O2S2.